The molecule has 0 saturated heterocycles. The van der Waals surface area contributed by atoms with Crippen molar-refractivity contribution in [1.82, 2.24) is 0 Å². The van der Waals surface area contributed by atoms with Crippen molar-refractivity contribution in [2.45, 2.75) is 23.0 Å². The maximum absolute atomic E-state index is 11.3. The van der Waals surface area contributed by atoms with E-state index >= 15 is 0 Å². The molecule has 1 heterocycles. The Morgan fingerprint density at radius 2 is 1.63 bits per heavy atom. The monoisotopic (exact) mass is 308 g/mol. The van der Waals surface area contributed by atoms with E-state index in [1.54, 1.807) is 11.3 Å². The summed E-state index contributed by atoms with van der Waals surface area (Å²) >= 11 is 3.92. The third kappa shape index (κ3) is 3.96. The Kier molecular flexibility index (Phi) is 4.85. The molecule has 0 spiro atoms. The van der Waals surface area contributed by atoms with Crippen LogP contribution in [-0.2, 0) is 9.59 Å². The normalized spacial score (nSPS) is 10.4. The smallest absolute Gasteiger partial charge is 0.191 e. The summed E-state index contributed by atoms with van der Waals surface area (Å²) < 4.78 is 0.895. The minimum Gasteiger partial charge on any atom is -0.287 e. The highest BCUT2D eigenvalue weighted by atomic mass is 32.2. The van der Waals surface area contributed by atoms with Crippen LogP contribution >= 0.6 is 34.9 Å². The first-order chi connectivity index (χ1) is 9.06. The Labute approximate surface area is 124 Å². The number of thiophene rings is 1. The van der Waals surface area contributed by atoms with Crippen molar-refractivity contribution in [3.8, 4) is 10.4 Å². The quantitative estimate of drug-likeness (QED) is 0.770. The fourth-order valence-electron chi connectivity index (χ4n) is 1.53. The molecule has 0 aliphatic carbocycles. The number of thioether (sulfide) groups is 2. The predicted molar refractivity (Wildman–Crippen MR) is 82.8 cm³/mol. The van der Waals surface area contributed by atoms with E-state index < -0.39 is 0 Å². The summed E-state index contributed by atoms with van der Waals surface area (Å²) in [7, 11) is 0. The van der Waals surface area contributed by atoms with Gasteiger partial charge in [-0.25, -0.2) is 0 Å². The van der Waals surface area contributed by atoms with Crippen molar-refractivity contribution in [3.63, 3.8) is 0 Å². The van der Waals surface area contributed by atoms with Crippen LogP contribution in [0.3, 0.4) is 0 Å². The average Bonchev–Trinajstić information content (AvgIpc) is 2.72. The Bertz CT molecular complexity index is 569. The third-order valence-corrected chi connectivity index (χ3v) is 5.47. The van der Waals surface area contributed by atoms with Crippen LogP contribution in [0.2, 0.25) is 0 Å². The zero-order valence-corrected chi connectivity index (χ0v) is 13.0. The maximum Gasteiger partial charge on any atom is 0.191 e. The lowest BCUT2D eigenvalue weighted by molar-refractivity contribution is -0.110. The van der Waals surface area contributed by atoms with Gasteiger partial charge in [0, 0.05) is 23.6 Å². The molecule has 0 aliphatic rings. The van der Waals surface area contributed by atoms with Crippen LogP contribution in [0.15, 0.2) is 45.5 Å². The van der Waals surface area contributed by atoms with E-state index in [-0.39, 0.29) is 10.2 Å². The van der Waals surface area contributed by atoms with Gasteiger partial charge in [0.2, 0.25) is 0 Å². The first-order valence-electron chi connectivity index (χ1n) is 5.62. The second-order valence-corrected chi connectivity index (χ2v) is 7.53. The molecule has 0 radical (unpaired) electrons. The topological polar surface area (TPSA) is 34.1 Å². The van der Waals surface area contributed by atoms with Gasteiger partial charge in [0.15, 0.2) is 10.2 Å². The van der Waals surface area contributed by atoms with Crippen LogP contribution in [-0.4, -0.2) is 10.2 Å². The minimum absolute atomic E-state index is 0.0304. The molecule has 1 aromatic carbocycles. The lowest BCUT2D eigenvalue weighted by atomic mass is 10.2. The zero-order chi connectivity index (χ0) is 13.8. The van der Waals surface area contributed by atoms with Crippen LogP contribution in [0, 0.1) is 0 Å². The zero-order valence-electron chi connectivity index (χ0n) is 10.5. The van der Waals surface area contributed by atoms with Crippen LogP contribution < -0.4 is 0 Å². The van der Waals surface area contributed by atoms with E-state index in [0.717, 1.165) is 19.5 Å². The van der Waals surface area contributed by atoms with Crippen LogP contribution in [0.1, 0.15) is 13.8 Å². The Morgan fingerprint density at radius 3 is 2.21 bits per heavy atom. The maximum atomic E-state index is 11.3. The SMILES string of the molecule is CC(=O)Sc1cc(-c2ccccc2)sc1SC(C)=O. The second kappa shape index (κ2) is 6.41. The highest BCUT2D eigenvalue weighted by Crippen LogP contribution is 2.42. The molecule has 0 atom stereocenters. The molecule has 1 aromatic heterocycles. The second-order valence-electron chi connectivity index (χ2n) is 3.82. The Morgan fingerprint density at radius 1 is 1.00 bits per heavy atom. The molecule has 0 fully saturated rings. The minimum atomic E-state index is 0.0304. The van der Waals surface area contributed by atoms with Crippen molar-refractivity contribution < 1.29 is 9.59 Å². The molecular formula is C14H12O2S3. The van der Waals surface area contributed by atoms with Gasteiger partial charge in [-0.1, -0.05) is 42.1 Å². The van der Waals surface area contributed by atoms with Crippen LogP contribution in [0.25, 0.3) is 10.4 Å². The number of hydrogen-bond donors (Lipinski definition) is 0. The van der Waals surface area contributed by atoms with Gasteiger partial charge in [0.05, 0.1) is 4.21 Å². The first kappa shape index (κ1) is 14.4. The van der Waals surface area contributed by atoms with Crippen molar-refractivity contribution in [3.05, 3.63) is 36.4 Å². The predicted octanol–water partition coefficient (Wildman–Crippen LogP) is 4.69. The van der Waals surface area contributed by atoms with Crippen LogP contribution in [0.5, 0.6) is 0 Å². The van der Waals surface area contributed by atoms with E-state index in [1.807, 2.05) is 36.4 Å². The van der Waals surface area contributed by atoms with Gasteiger partial charge in [-0.3, -0.25) is 9.59 Å². The highest BCUT2D eigenvalue weighted by molar-refractivity contribution is 8.17. The molecule has 5 heteroatoms. The number of benzene rings is 1. The summed E-state index contributed by atoms with van der Waals surface area (Å²) in [5.74, 6) is 0. The lowest BCUT2D eigenvalue weighted by Gasteiger charge is -1.96. The van der Waals surface area contributed by atoms with Gasteiger partial charge in [-0.2, -0.15) is 0 Å². The summed E-state index contributed by atoms with van der Waals surface area (Å²) in [6.07, 6.45) is 0. The Balaban J connectivity index is 2.39. The van der Waals surface area contributed by atoms with Gasteiger partial charge >= 0.3 is 0 Å². The number of hydrogen-bond acceptors (Lipinski definition) is 5. The van der Waals surface area contributed by atoms with Crippen molar-refractivity contribution in [2.75, 3.05) is 0 Å². The van der Waals surface area contributed by atoms with E-state index in [2.05, 4.69) is 0 Å². The molecule has 2 rings (SSSR count). The van der Waals surface area contributed by atoms with E-state index in [9.17, 15) is 9.59 Å². The average molecular weight is 308 g/mol. The summed E-state index contributed by atoms with van der Waals surface area (Å²) in [5, 5.41) is 0.0645. The van der Waals surface area contributed by atoms with Gasteiger partial charge < -0.3 is 0 Å². The largest absolute Gasteiger partial charge is 0.287 e. The molecule has 0 saturated carbocycles. The van der Waals surface area contributed by atoms with Crippen molar-refractivity contribution in [2.24, 2.45) is 0 Å². The first-order valence-corrected chi connectivity index (χ1v) is 8.07. The summed E-state index contributed by atoms with van der Waals surface area (Å²) in [4.78, 5) is 24.5. The Hall–Kier alpha value is -1.04. The third-order valence-electron chi connectivity index (χ3n) is 2.21. The summed E-state index contributed by atoms with van der Waals surface area (Å²) in [6.45, 7) is 3.07. The van der Waals surface area contributed by atoms with Gasteiger partial charge in [0.1, 0.15) is 0 Å². The number of carbonyl (C=O) groups is 2. The molecule has 0 aliphatic heterocycles. The summed E-state index contributed by atoms with van der Waals surface area (Å²) in [5.41, 5.74) is 1.10. The number of carbonyl (C=O) groups excluding carboxylic acids is 2. The number of rotatable bonds is 3. The van der Waals surface area contributed by atoms with Gasteiger partial charge in [0.25, 0.3) is 0 Å². The molecule has 2 nitrogen and oxygen atoms in total. The summed E-state index contributed by atoms with van der Waals surface area (Å²) in [6, 6.07) is 12.0. The standard InChI is InChI=1S/C14H12O2S3/c1-9(15)17-13-8-12(11-6-4-3-5-7-11)19-14(13)18-10(2)16/h3-8H,1-2H3. The van der Waals surface area contributed by atoms with Crippen LogP contribution in [0.4, 0.5) is 0 Å². The molecule has 0 bridgehead atoms. The van der Waals surface area contributed by atoms with Crippen molar-refractivity contribution >= 4 is 45.1 Å². The fourth-order valence-corrected chi connectivity index (χ4v) is 4.67. The van der Waals surface area contributed by atoms with E-state index in [1.165, 1.54) is 37.4 Å². The van der Waals surface area contributed by atoms with Gasteiger partial charge in [-0.15, -0.1) is 11.3 Å². The molecule has 19 heavy (non-hydrogen) atoms. The molecule has 2 aromatic rings. The van der Waals surface area contributed by atoms with Crippen molar-refractivity contribution in [1.29, 1.82) is 0 Å². The molecular weight excluding hydrogens is 296 g/mol. The molecule has 0 unspecified atom stereocenters. The fraction of sp³-hybridized carbons (Fsp3) is 0.143. The highest BCUT2D eigenvalue weighted by Gasteiger charge is 2.14. The van der Waals surface area contributed by atoms with Gasteiger partial charge in [-0.05, 0) is 23.4 Å². The molecule has 98 valence electrons. The molecule has 0 amide bonds. The van der Waals surface area contributed by atoms with E-state index in [0.29, 0.717) is 0 Å². The molecule has 0 N–H and O–H groups in total. The van der Waals surface area contributed by atoms with E-state index in [4.69, 9.17) is 0 Å². The lowest BCUT2D eigenvalue weighted by Crippen LogP contribution is -1.82.